The predicted molar refractivity (Wildman–Crippen MR) is 102 cm³/mol. The van der Waals surface area contributed by atoms with Crippen molar-refractivity contribution in [3.05, 3.63) is 64.9 Å². The van der Waals surface area contributed by atoms with E-state index in [4.69, 9.17) is 16.0 Å². The first-order chi connectivity index (χ1) is 12.6. The summed E-state index contributed by atoms with van der Waals surface area (Å²) in [5.41, 5.74) is 0.436. The van der Waals surface area contributed by atoms with Crippen LogP contribution in [0.2, 0.25) is 5.02 Å². The van der Waals surface area contributed by atoms with Gasteiger partial charge in [-0.1, -0.05) is 41.6 Å². The van der Waals surface area contributed by atoms with E-state index in [-0.39, 0.29) is 22.6 Å². The number of carbonyl (C=O) groups excluding carboxylic acids is 1. The second-order valence-corrected chi connectivity index (χ2v) is 7.69. The molecule has 4 rings (SSSR count). The van der Waals surface area contributed by atoms with Gasteiger partial charge in [0.2, 0.25) is 0 Å². The van der Waals surface area contributed by atoms with Crippen LogP contribution in [0.25, 0.3) is 20.9 Å². The number of fused-ring (bicyclic) bond motifs is 1. The fraction of sp³-hybridized carbons (Fsp3) is 0.0556. The van der Waals surface area contributed by atoms with E-state index in [0.717, 1.165) is 21.8 Å². The summed E-state index contributed by atoms with van der Waals surface area (Å²) >= 11 is 9.02. The summed E-state index contributed by atoms with van der Waals surface area (Å²) < 4.78 is 19.6. The van der Waals surface area contributed by atoms with E-state index in [0.29, 0.717) is 21.4 Å². The van der Waals surface area contributed by atoms with Gasteiger partial charge in [-0.15, -0.1) is 21.5 Å². The lowest BCUT2D eigenvalue weighted by molar-refractivity contribution is 0.102. The molecule has 0 saturated heterocycles. The van der Waals surface area contributed by atoms with Crippen LogP contribution in [-0.2, 0) is 0 Å². The molecule has 8 heteroatoms. The minimum absolute atomic E-state index is 0.118. The molecule has 0 aliphatic heterocycles. The molecule has 0 N–H and O–H groups in total. The number of nitrogens with zero attached hydrogens (tertiary/aromatic N) is 2. The van der Waals surface area contributed by atoms with E-state index >= 15 is 0 Å². The second-order valence-electron chi connectivity index (χ2n) is 5.33. The fourth-order valence-electron chi connectivity index (χ4n) is 2.36. The van der Waals surface area contributed by atoms with Crippen LogP contribution in [-0.4, -0.2) is 21.7 Å². The van der Waals surface area contributed by atoms with E-state index < -0.39 is 0 Å². The highest BCUT2D eigenvalue weighted by Gasteiger charge is 2.18. The van der Waals surface area contributed by atoms with Gasteiger partial charge in [0.1, 0.15) is 10.7 Å². The molecule has 0 bridgehead atoms. The summed E-state index contributed by atoms with van der Waals surface area (Å²) in [4.78, 5) is 12.8. The Labute approximate surface area is 161 Å². The van der Waals surface area contributed by atoms with Crippen molar-refractivity contribution < 1.29 is 13.6 Å². The van der Waals surface area contributed by atoms with Gasteiger partial charge >= 0.3 is 0 Å². The van der Waals surface area contributed by atoms with Gasteiger partial charge in [0, 0.05) is 15.6 Å². The Morgan fingerprint density at radius 2 is 1.92 bits per heavy atom. The highest BCUT2D eigenvalue weighted by molar-refractivity contribution is 7.99. The summed E-state index contributed by atoms with van der Waals surface area (Å²) in [6, 6.07) is 13.2. The lowest BCUT2D eigenvalue weighted by Crippen LogP contribution is -2.02. The molecule has 4 nitrogen and oxygen atoms in total. The van der Waals surface area contributed by atoms with Gasteiger partial charge in [-0.2, -0.15) is 0 Å². The molecule has 130 valence electrons. The Kier molecular flexibility index (Phi) is 4.76. The molecule has 0 amide bonds. The molecule has 0 aliphatic carbocycles. The summed E-state index contributed by atoms with van der Waals surface area (Å²) in [7, 11) is 0. The number of hydrogen-bond acceptors (Lipinski definition) is 6. The topological polar surface area (TPSA) is 56.0 Å². The average molecular weight is 405 g/mol. The highest BCUT2D eigenvalue weighted by atomic mass is 35.5. The van der Waals surface area contributed by atoms with Crippen LogP contribution in [0.1, 0.15) is 10.4 Å². The summed E-state index contributed by atoms with van der Waals surface area (Å²) in [6.45, 7) is 0. The van der Waals surface area contributed by atoms with E-state index in [1.165, 1.54) is 35.6 Å². The van der Waals surface area contributed by atoms with Gasteiger partial charge in [0.05, 0.1) is 10.8 Å². The summed E-state index contributed by atoms with van der Waals surface area (Å²) in [5.74, 6) is -0.0773. The fourth-order valence-corrected chi connectivity index (χ4v) is 4.45. The molecule has 26 heavy (non-hydrogen) atoms. The zero-order chi connectivity index (χ0) is 18.1. The van der Waals surface area contributed by atoms with E-state index in [9.17, 15) is 9.18 Å². The molecule has 4 aromatic rings. The van der Waals surface area contributed by atoms with E-state index in [1.54, 1.807) is 0 Å². The SMILES string of the molecule is O=C(CSc1nnc(-c2sc3ccccc3c2Cl)o1)c1ccc(F)cc1. The number of benzene rings is 2. The molecular weight excluding hydrogens is 395 g/mol. The van der Waals surface area contributed by atoms with Gasteiger partial charge in [0.15, 0.2) is 5.78 Å². The maximum atomic E-state index is 12.9. The molecule has 0 atom stereocenters. The highest BCUT2D eigenvalue weighted by Crippen LogP contribution is 2.41. The molecule has 0 aliphatic rings. The summed E-state index contributed by atoms with van der Waals surface area (Å²) in [6.07, 6.45) is 0. The number of thiophene rings is 1. The third kappa shape index (κ3) is 3.38. The zero-order valence-electron chi connectivity index (χ0n) is 13.1. The molecule has 2 aromatic carbocycles. The first kappa shape index (κ1) is 17.2. The molecule has 0 spiro atoms. The van der Waals surface area contributed by atoms with Crippen LogP contribution in [0, 0.1) is 5.82 Å². The number of carbonyl (C=O) groups is 1. The van der Waals surface area contributed by atoms with E-state index in [2.05, 4.69) is 10.2 Å². The Balaban J connectivity index is 1.50. The molecule has 0 fully saturated rings. The molecule has 2 heterocycles. The van der Waals surface area contributed by atoms with Crippen LogP contribution in [0.3, 0.4) is 0 Å². The second kappa shape index (κ2) is 7.19. The zero-order valence-corrected chi connectivity index (χ0v) is 15.5. The largest absolute Gasteiger partial charge is 0.410 e. The number of halogens is 2. The molecule has 0 unspecified atom stereocenters. The van der Waals surface area contributed by atoms with Crippen molar-refractivity contribution in [3.8, 4) is 10.8 Å². The van der Waals surface area contributed by atoms with Crippen LogP contribution < -0.4 is 0 Å². The lowest BCUT2D eigenvalue weighted by Gasteiger charge is -1.98. The van der Waals surface area contributed by atoms with Crippen molar-refractivity contribution in [3.63, 3.8) is 0 Å². The van der Waals surface area contributed by atoms with Crippen molar-refractivity contribution in [1.82, 2.24) is 10.2 Å². The third-order valence-electron chi connectivity index (χ3n) is 3.63. The number of hydrogen-bond donors (Lipinski definition) is 0. The van der Waals surface area contributed by atoms with Gasteiger partial charge in [-0.05, 0) is 30.3 Å². The van der Waals surface area contributed by atoms with Gasteiger partial charge in [0.25, 0.3) is 11.1 Å². The predicted octanol–water partition coefficient (Wildman–Crippen LogP) is 5.72. The first-order valence-corrected chi connectivity index (χ1v) is 9.72. The Hall–Kier alpha value is -2.22. The first-order valence-electron chi connectivity index (χ1n) is 7.54. The standard InChI is InChI=1S/C18H10ClFN2O2S2/c19-15-12-3-1-2-4-14(12)26-16(15)17-21-22-18(24-17)25-9-13(23)10-5-7-11(20)8-6-10/h1-8H,9H2. The maximum absolute atomic E-state index is 12.9. The van der Waals surface area contributed by atoms with Crippen molar-refractivity contribution in [2.75, 3.05) is 5.75 Å². The van der Waals surface area contributed by atoms with Crippen LogP contribution >= 0.6 is 34.7 Å². The van der Waals surface area contributed by atoms with Crippen LogP contribution in [0.4, 0.5) is 4.39 Å². The Morgan fingerprint density at radius 3 is 2.69 bits per heavy atom. The minimum Gasteiger partial charge on any atom is -0.410 e. The van der Waals surface area contributed by atoms with E-state index in [1.807, 2.05) is 24.3 Å². The number of ketones is 1. The average Bonchev–Trinajstić information content (AvgIpc) is 3.25. The number of rotatable bonds is 5. The van der Waals surface area contributed by atoms with Crippen LogP contribution in [0.15, 0.2) is 58.2 Å². The Morgan fingerprint density at radius 1 is 1.15 bits per heavy atom. The quantitative estimate of drug-likeness (QED) is 0.314. The normalized spacial score (nSPS) is 11.2. The molecular formula is C18H10ClFN2O2S2. The lowest BCUT2D eigenvalue weighted by atomic mass is 10.1. The summed E-state index contributed by atoms with van der Waals surface area (Å²) in [5, 5.41) is 9.79. The third-order valence-corrected chi connectivity index (χ3v) is 6.11. The van der Waals surface area contributed by atoms with Crippen LogP contribution in [0.5, 0.6) is 0 Å². The Bertz CT molecular complexity index is 1090. The monoisotopic (exact) mass is 404 g/mol. The number of Topliss-reactive ketones (excluding diaryl/α,β-unsaturated/α-hetero) is 1. The minimum atomic E-state index is -0.379. The maximum Gasteiger partial charge on any atom is 0.277 e. The van der Waals surface area contributed by atoms with Crippen molar-refractivity contribution >= 4 is 50.6 Å². The number of thioether (sulfide) groups is 1. The molecule has 0 radical (unpaired) electrons. The number of aromatic nitrogens is 2. The molecule has 0 saturated carbocycles. The van der Waals surface area contributed by atoms with Crippen molar-refractivity contribution in [2.45, 2.75) is 5.22 Å². The van der Waals surface area contributed by atoms with Gasteiger partial charge in [-0.3, -0.25) is 4.79 Å². The van der Waals surface area contributed by atoms with Gasteiger partial charge in [-0.25, -0.2) is 4.39 Å². The molecule has 2 aromatic heterocycles. The van der Waals surface area contributed by atoms with Crippen molar-refractivity contribution in [1.29, 1.82) is 0 Å². The smallest absolute Gasteiger partial charge is 0.277 e. The van der Waals surface area contributed by atoms with Crippen molar-refractivity contribution in [2.24, 2.45) is 0 Å². The van der Waals surface area contributed by atoms with Gasteiger partial charge < -0.3 is 4.42 Å².